The molecule has 0 N–H and O–H groups in total. The Hall–Kier alpha value is -3.12. The third kappa shape index (κ3) is 3.71. The van der Waals surface area contributed by atoms with Crippen molar-refractivity contribution in [3.63, 3.8) is 0 Å². The monoisotopic (exact) mass is 378 g/mol. The first kappa shape index (κ1) is 17.3. The fourth-order valence-electron chi connectivity index (χ4n) is 2.95. The number of aromatic nitrogens is 1. The number of carbonyl (C=O) groups is 1. The van der Waals surface area contributed by atoms with Crippen LogP contribution < -0.4 is 4.74 Å². The van der Waals surface area contributed by atoms with Crippen molar-refractivity contribution >= 4 is 28.2 Å². The van der Waals surface area contributed by atoms with Crippen LogP contribution in [0.5, 0.6) is 5.75 Å². The van der Waals surface area contributed by atoms with Crippen LogP contribution in [0, 0.1) is 0 Å². The van der Waals surface area contributed by atoms with Gasteiger partial charge in [-0.3, -0.25) is 9.78 Å². The molecule has 0 saturated carbocycles. The molecule has 0 bridgehead atoms. The van der Waals surface area contributed by atoms with E-state index in [1.54, 1.807) is 35.6 Å². The fourth-order valence-corrected chi connectivity index (χ4v) is 3.61. The van der Waals surface area contributed by atoms with Gasteiger partial charge in [-0.1, -0.05) is 18.2 Å². The molecule has 5 nitrogen and oxygen atoms in total. The summed E-state index contributed by atoms with van der Waals surface area (Å²) < 4.78 is 11.2. The number of benzene rings is 1. The lowest BCUT2D eigenvalue weighted by Gasteiger charge is -2.20. The highest BCUT2D eigenvalue weighted by Crippen LogP contribution is 2.29. The summed E-state index contributed by atoms with van der Waals surface area (Å²) in [5, 5.41) is 4.89. The summed E-state index contributed by atoms with van der Waals surface area (Å²) in [5.41, 5.74) is 2.49. The van der Waals surface area contributed by atoms with Gasteiger partial charge in [-0.25, -0.2) is 0 Å². The largest absolute Gasteiger partial charge is 0.493 e. The number of ether oxygens (including phenoxy) is 1. The van der Waals surface area contributed by atoms with E-state index >= 15 is 0 Å². The molecule has 4 rings (SSSR count). The molecule has 0 saturated heterocycles. The molecule has 27 heavy (non-hydrogen) atoms. The normalized spacial score (nSPS) is 10.9. The van der Waals surface area contributed by atoms with E-state index in [0.29, 0.717) is 30.2 Å². The third-order valence-corrected chi connectivity index (χ3v) is 4.99. The number of furan rings is 1. The molecule has 1 aromatic carbocycles. The average Bonchev–Trinajstić information content (AvgIpc) is 3.37. The quantitative estimate of drug-likeness (QED) is 0.486. The van der Waals surface area contributed by atoms with Gasteiger partial charge in [0.2, 0.25) is 0 Å². The number of pyridine rings is 1. The average molecular weight is 378 g/mol. The summed E-state index contributed by atoms with van der Waals surface area (Å²) >= 11 is 1.61. The molecule has 0 fully saturated rings. The minimum absolute atomic E-state index is 0.176. The molecule has 1 amide bonds. The maximum absolute atomic E-state index is 13.2. The Morgan fingerprint density at radius 1 is 1.19 bits per heavy atom. The van der Waals surface area contributed by atoms with Crippen molar-refractivity contribution in [2.24, 2.45) is 0 Å². The molecule has 0 aliphatic rings. The van der Waals surface area contributed by atoms with E-state index in [2.05, 4.69) is 4.98 Å². The number of para-hydroxylation sites is 1. The van der Waals surface area contributed by atoms with Crippen LogP contribution >= 0.6 is 11.3 Å². The van der Waals surface area contributed by atoms with Crippen LogP contribution in [0.1, 0.15) is 21.8 Å². The topological polar surface area (TPSA) is 55.6 Å². The first-order chi connectivity index (χ1) is 13.2. The SMILES string of the molecule is COc1cccc2cc(C(=O)N(Cc3ccsc3)Cc3ccccn3)oc12. The molecule has 0 aliphatic heterocycles. The lowest BCUT2D eigenvalue weighted by atomic mass is 10.2. The number of carbonyl (C=O) groups excluding carboxylic acids is 1. The van der Waals surface area contributed by atoms with Gasteiger partial charge in [0, 0.05) is 18.1 Å². The van der Waals surface area contributed by atoms with Gasteiger partial charge in [-0.05, 0) is 46.7 Å². The molecule has 0 spiro atoms. The smallest absolute Gasteiger partial charge is 0.290 e. The van der Waals surface area contributed by atoms with Crippen molar-refractivity contribution in [3.8, 4) is 5.75 Å². The van der Waals surface area contributed by atoms with Gasteiger partial charge in [0.05, 0.1) is 19.3 Å². The van der Waals surface area contributed by atoms with Gasteiger partial charge in [0.15, 0.2) is 17.1 Å². The van der Waals surface area contributed by atoms with E-state index in [1.165, 1.54) is 0 Å². The van der Waals surface area contributed by atoms with Crippen LogP contribution in [0.3, 0.4) is 0 Å². The van der Waals surface area contributed by atoms with Gasteiger partial charge >= 0.3 is 0 Å². The molecule has 0 aliphatic carbocycles. The van der Waals surface area contributed by atoms with Crippen molar-refractivity contribution in [2.45, 2.75) is 13.1 Å². The molecule has 4 aromatic rings. The van der Waals surface area contributed by atoms with Gasteiger partial charge in [0.25, 0.3) is 5.91 Å². The summed E-state index contributed by atoms with van der Waals surface area (Å²) in [6.45, 7) is 0.900. The first-order valence-electron chi connectivity index (χ1n) is 8.51. The molecule has 0 radical (unpaired) electrons. The highest BCUT2D eigenvalue weighted by Gasteiger charge is 2.22. The van der Waals surface area contributed by atoms with Crippen LogP contribution in [0.4, 0.5) is 0 Å². The molecule has 136 valence electrons. The number of nitrogens with zero attached hydrogens (tertiary/aromatic N) is 2. The Balaban J connectivity index is 1.67. The van der Waals surface area contributed by atoms with E-state index in [0.717, 1.165) is 16.6 Å². The van der Waals surface area contributed by atoms with Gasteiger partial charge in [-0.15, -0.1) is 0 Å². The maximum Gasteiger partial charge on any atom is 0.290 e. The zero-order valence-corrected chi connectivity index (χ0v) is 15.6. The van der Waals surface area contributed by atoms with Gasteiger partial charge < -0.3 is 14.1 Å². The molecule has 0 atom stereocenters. The van der Waals surface area contributed by atoms with E-state index < -0.39 is 0 Å². The van der Waals surface area contributed by atoms with Crippen LogP contribution in [0.2, 0.25) is 0 Å². The third-order valence-electron chi connectivity index (χ3n) is 4.26. The minimum atomic E-state index is -0.176. The predicted octanol–water partition coefficient (Wildman–Crippen LogP) is 4.74. The predicted molar refractivity (Wildman–Crippen MR) is 105 cm³/mol. The van der Waals surface area contributed by atoms with E-state index in [4.69, 9.17) is 9.15 Å². The minimum Gasteiger partial charge on any atom is -0.493 e. The van der Waals surface area contributed by atoms with Crippen LogP contribution in [0.15, 0.2) is 69.9 Å². The number of rotatable bonds is 6. The summed E-state index contributed by atoms with van der Waals surface area (Å²) in [6, 6.07) is 15.1. The van der Waals surface area contributed by atoms with E-state index in [-0.39, 0.29) is 5.91 Å². The number of amides is 1. The van der Waals surface area contributed by atoms with E-state index in [9.17, 15) is 4.79 Å². The summed E-state index contributed by atoms with van der Waals surface area (Å²) in [6.07, 6.45) is 1.73. The highest BCUT2D eigenvalue weighted by atomic mass is 32.1. The molecule has 0 unspecified atom stereocenters. The van der Waals surface area contributed by atoms with Crippen molar-refractivity contribution in [1.82, 2.24) is 9.88 Å². The van der Waals surface area contributed by atoms with Gasteiger partial charge in [-0.2, -0.15) is 11.3 Å². The van der Waals surface area contributed by atoms with E-state index in [1.807, 2.05) is 53.2 Å². The maximum atomic E-state index is 13.2. The zero-order valence-electron chi connectivity index (χ0n) is 14.8. The molecule has 3 aromatic heterocycles. The molecular formula is C21H18N2O3S. The second-order valence-corrected chi connectivity index (χ2v) is 6.88. The Morgan fingerprint density at radius 2 is 2.11 bits per heavy atom. The van der Waals surface area contributed by atoms with Crippen LogP contribution in [-0.2, 0) is 13.1 Å². The second-order valence-electron chi connectivity index (χ2n) is 6.10. The van der Waals surface area contributed by atoms with Crippen molar-refractivity contribution < 1.29 is 13.9 Å². The summed E-state index contributed by atoms with van der Waals surface area (Å²) in [4.78, 5) is 19.3. The second kappa shape index (κ2) is 7.63. The molecular weight excluding hydrogens is 360 g/mol. The highest BCUT2D eigenvalue weighted by molar-refractivity contribution is 7.07. The standard InChI is InChI=1S/C21H18N2O3S/c1-25-18-7-4-5-16-11-19(26-20(16)18)21(24)23(12-15-8-10-27-14-15)13-17-6-2-3-9-22-17/h2-11,14H,12-13H2,1H3. The molecule has 6 heteroatoms. The van der Waals surface area contributed by atoms with Crippen molar-refractivity contribution in [1.29, 1.82) is 0 Å². The van der Waals surface area contributed by atoms with Crippen LogP contribution in [-0.4, -0.2) is 22.9 Å². The number of methoxy groups -OCH3 is 1. The Bertz CT molecular complexity index is 1040. The number of thiophene rings is 1. The Labute approximate surface area is 160 Å². The number of hydrogen-bond donors (Lipinski definition) is 0. The Morgan fingerprint density at radius 3 is 2.85 bits per heavy atom. The number of hydrogen-bond acceptors (Lipinski definition) is 5. The zero-order chi connectivity index (χ0) is 18.6. The van der Waals surface area contributed by atoms with Crippen LogP contribution in [0.25, 0.3) is 11.0 Å². The fraction of sp³-hybridized carbons (Fsp3) is 0.143. The Kier molecular flexibility index (Phi) is 4.89. The van der Waals surface area contributed by atoms with Crippen molar-refractivity contribution in [2.75, 3.05) is 7.11 Å². The van der Waals surface area contributed by atoms with Crippen molar-refractivity contribution in [3.05, 3.63) is 82.5 Å². The summed E-state index contributed by atoms with van der Waals surface area (Å²) in [5.74, 6) is 0.728. The van der Waals surface area contributed by atoms with Gasteiger partial charge in [0.1, 0.15) is 0 Å². The lowest BCUT2D eigenvalue weighted by Crippen LogP contribution is -2.30. The number of fused-ring (bicyclic) bond motifs is 1. The lowest BCUT2D eigenvalue weighted by molar-refractivity contribution is 0.0698. The summed E-state index contributed by atoms with van der Waals surface area (Å²) in [7, 11) is 1.59. The first-order valence-corrected chi connectivity index (χ1v) is 9.45. The molecule has 3 heterocycles.